The molecule has 1 saturated heterocycles. The van der Waals surface area contributed by atoms with E-state index in [1.165, 1.54) is 18.4 Å². The van der Waals surface area contributed by atoms with Gasteiger partial charge in [-0.2, -0.15) is 5.06 Å². The zero-order valence-corrected chi connectivity index (χ0v) is 10.4. The highest BCUT2D eigenvalue weighted by molar-refractivity contribution is 5.23. The first-order valence-electron chi connectivity index (χ1n) is 6.00. The van der Waals surface area contributed by atoms with Gasteiger partial charge in [-0.1, -0.05) is 37.6 Å². The molecule has 0 aromatic rings. The summed E-state index contributed by atoms with van der Waals surface area (Å²) in [7, 11) is 2.03. The van der Waals surface area contributed by atoms with Gasteiger partial charge in [0.2, 0.25) is 0 Å². The molecule has 15 heavy (non-hydrogen) atoms. The fraction of sp³-hybridized carbons (Fsp3) is 0.692. The first-order valence-corrected chi connectivity index (χ1v) is 6.00. The number of likely N-dealkylation sites (N-methyl/N-ethyl adjacent to an activating group) is 1. The molecule has 0 aromatic heterocycles. The van der Waals surface area contributed by atoms with Crippen LogP contribution in [0, 0.1) is 5.92 Å². The van der Waals surface area contributed by atoms with Crippen molar-refractivity contribution in [2.45, 2.75) is 39.7 Å². The molecule has 0 spiro atoms. The lowest BCUT2D eigenvalue weighted by atomic mass is 9.85. The van der Waals surface area contributed by atoms with E-state index in [9.17, 15) is 0 Å². The Morgan fingerprint density at radius 1 is 1.40 bits per heavy atom. The van der Waals surface area contributed by atoms with E-state index in [1.54, 1.807) is 0 Å². The third-order valence-corrected chi connectivity index (χ3v) is 3.04. The Morgan fingerprint density at radius 3 is 2.87 bits per heavy atom. The van der Waals surface area contributed by atoms with Crippen molar-refractivity contribution in [3.63, 3.8) is 0 Å². The lowest BCUT2D eigenvalue weighted by Gasteiger charge is -2.31. The van der Waals surface area contributed by atoms with Crippen molar-refractivity contribution in [3.05, 3.63) is 23.8 Å². The minimum atomic E-state index is 0.451. The smallest absolute Gasteiger partial charge is 0.0685 e. The monoisotopic (exact) mass is 209 g/mol. The molecule has 2 unspecified atom stereocenters. The maximum absolute atomic E-state index is 5.58. The van der Waals surface area contributed by atoms with Gasteiger partial charge in [-0.25, -0.2) is 0 Å². The molecule has 2 atom stereocenters. The van der Waals surface area contributed by atoms with E-state index in [2.05, 4.69) is 25.2 Å². The predicted octanol–water partition coefficient (Wildman–Crippen LogP) is 3.17. The number of allylic oxidation sites excluding steroid dienone is 2. The molecular formula is C13H23NO. The van der Waals surface area contributed by atoms with Crippen molar-refractivity contribution in [2.24, 2.45) is 5.92 Å². The molecule has 2 rings (SSSR count). The van der Waals surface area contributed by atoms with Gasteiger partial charge in [0.1, 0.15) is 0 Å². The Kier molecular flexibility index (Phi) is 5.06. The van der Waals surface area contributed by atoms with E-state index in [-0.39, 0.29) is 0 Å². The summed E-state index contributed by atoms with van der Waals surface area (Å²) in [5.74, 6) is 0.664. The molecule has 1 aliphatic heterocycles. The maximum Gasteiger partial charge on any atom is 0.0685 e. The highest BCUT2D eigenvalue weighted by atomic mass is 16.7. The van der Waals surface area contributed by atoms with Gasteiger partial charge < -0.3 is 0 Å². The third kappa shape index (κ3) is 2.93. The van der Waals surface area contributed by atoms with Crippen LogP contribution in [0.3, 0.4) is 0 Å². The molecular weight excluding hydrogens is 186 g/mol. The average Bonchev–Trinajstić information content (AvgIpc) is 2.46. The first-order chi connectivity index (χ1) is 7.29. The summed E-state index contributed by atoms with van der Waals surface area (Å²) < 4.78 is 0. The van der Waals surface area contributed by atoms with Gasteiger partial charge in [-0.05, 0) is 19.8 Å². The van der Waals surface area contributed by atoms with E-state index in [1.807, 2.05) is 26.0 Å². The van der Waals surface area contributed by atoms with Crippen LogP contribution in [-0.2, 0) is 4.84 Å². The van der Waals surface area contributed by atoms with Crippen molar-refractivity contribution < 1.29 is 4.84 Å². The molecule has 0 aromatic carbocycles. The highest BCUT2D eigenvalue weighted by Crippen LogP contribution is 2.30. The fourth-order valence-electron chi connectivity index (χ4n) is 2.22. The van der Waals surface area contributed by atoms with Crippen LogP contribution >= 0.6 is 0 Å². The molecule has 1 aliphatic carbocycles. The number of fused-ring (bicyclic) bond motifs is 1. The summed E-state index contributed by atoms with van der Waals surface area (Å²) in [6, 6.07) is 0.451. The SMILES string of the molecule is CC.CC1=CC=CC2C1CCCON2C. The second kappa shape index (κ2) is 6.09. The van der Waals surface area contributed by atoms with Gasteiger partial charge in [0, 0.05) is 13.0 Å². The summed E-state index contributed by atoms with van der Waals surface area (Å²) in [5.41, 5.74) is 1.49. The van der Waals surface area contributed by atoms with E-state index in [0.29, 0.717) is 12.0 Å². The Labute approximate surface area is 93.6 Å². The topological polar surface area (TPSA) is 12.5 Å². The molecule has 0 radical (unpaired) electrons. The van der Waals surface area contributed by atoms with E-state index in [0.717, 1.165) is 6.61 Å². The van der Waals surface area contributed by atoms with Crippen LogP contribution in [0.5, 0.6) is 0 Å². The van der Waals surface area contributed by atoms with Crippen LogP contribution in [-0.4, -0.2) is 24.8 Å². The van der Waals surface area contributed by atoms with Crippen LogP contribution in [0.25, 0.3) is 0 Å². The Hall–Kier alpha value is -0.600. The summed E-state index contributed by atoms with van der Waals surface area (Å²) in [4.78, 5) is 5.58. The molecule has 1 fully saturated rings. The van der Waals surface area contributed by atoms with Crippen LogP contribution < -0.4 is 0 Å². The number of rotatable bonds is 0. The molecule has 2 heteroatoms. The molecule has 1 heterocycles. The minimum absolute atomic E-state index is 0.451. The van der Waals surface area contributed by atoms with Crippen LogP contribution in [0.1, 0.15) is 33.6 Å². The van der Waals surface area contributed by atoms with Crippen molar-refractivity contribution in [1.29, 1.82) is 0 Å². The van der Waals surface area contributed by atoms with Crippen molar-refractivity contribution >= 4 is 0 Å². The van der Waals surface area contributed by atoms with Gasteiger partial charge in [-0.15, -0.1) is 0 Å². The molecule has 0 amide bonds. The lowest BCUT2D eigenvalue weighted by Crippen LogP contribution is -2.36. The van der Waals surface area contributed by atoms with Crippen LogP contribution in [0.15, 0.2) is 23.8 Å². The third-order valence-electron chi connectivity index (χ3n) is 3.04. The van der Waals surface area contributed by atoms with Gasteiger partial charge in [0.25, 0.3) is 0 Å². The van der Waals surface area contributed by atoms with E-state index in [4.69, 9.17) is 4.84 Å². The second-order valence-electron chi connectivity index (χ2n) is 3.91. The van der Waals surface area contributed by atoms with E-state index < -0.39 is 0 Å². The second-order valence-corrected chi connectivity index (χ2v) is 3.91. The van der Waals surface area contributed by atoms with Gasteiger partial charge in [0.15, 0.2) is 0 Å². The predicted molar refractivity (Wildman–Crippen MR) is 64.5 cm³/mol. The summed E-state index contributed by atoms with van der Waals surface area (Å²) in [6.45, 7) is 7.09. The van der Waals surface area contributed by atoms with Crippen LogP contribution in [0.2, 0.25) is 0 Å². The normalized spacial score (nSPS) is 30.8. The quantitative estimate of drug-likeness (QED) is 0.607. The highest BCUT2D eigenvalue weighted by Gasteiger charge is 2.28. The summed E-state index contributed by atoms with van der Waals surface area (Å²) in [6.07, 6.45) is 9.02. The van der Waals surface area contributed by atoms with Gasteiger partial charge in [0.05, 0.1) is 12.6 Å². The van der Waals surface area contributed by atoms with E-state index >= 15 is 0 Å². The molecule has 2 nitrogen and oxygen atoms in total. The van der Waals surface area contributed by atoms with Crippen molar-refractivity contribution in [1.82, 2.24) is 5.06 Å². The fourth-order valence-corrected chi connectivity index (χ4v) is 2.22. The molecule has 0 bridgehead atoms. The zero-order chi connectivity index (χ0) is 11.3. The molecule has 2 aliphatic rings. The largest absolute Gasteiger partial charge is 0.299 e. The summed E-state index contributed by atoms with van der Waals surface area (Å²) >= 11 is 0. The van der Waals surface area contributed by atoms with Crippen molar-refractivity contribution in [3.8, 4) is 0 Å². The number of hydroxylamine groups is 2. The van der Waals surface area contributed by atoms with Gasteiger partial charge >= 0.3 is 0 Å². The number of nitrogens with zero attached hydrogens (tertiary/aromatic N) is 1. The zero-order valence-electron chi connectivity index (χ0n) is 10.4. The molecule has 0 saturated carbocycles. The number of hydrogen-bond donors (Lipinski definition) is 0. The molecule has 0 N–H and O–H groups in total. The molecule has 86 valence electrons. The Balaban J connectivity index is 0.000000531. The maximum atomic E-state index is 5.58. The van der Waals surface area contributed by atoms with Crippen molar-refractivity contribution in [2.75, 3.05) is 13.7 Å². The van der Waals surface area contributed by atoms with Gasteiger partial charge in [-0.3, -0.25) is 4.84 Å². The van der Waals surface area contributed by atoms with Crippen LogP contribution in [0.4, 0.5) is 0 Å². The minimum Gasteiger partial charge on any atom is -0.299 e. The standard InChI is InChI=1S/C11H17NO.C2H6/c1-9-5-3-7-11-10(9)6-4-8-13-12(11)2;1-2/h3,5,7,10-11H,4,6,8H2,1-2H3;1-2H3. The number of hydrogen-bond acceptors (Lipinski definition) is 2. The Morgan fingerprint density at radius 2 is 2.13 bits per heavy atom. The summed E-state index contributed by atoms with van der Waals surface area (Å²) in [5, 5.41) is 2.00. The average molecular weight is 209 g/mol. The first kappa shape index (κ1) is 12.5. The lowest BCUT2D eigenvalue weighted by molar-refractivity contribution is -0.153. The Bertz CT molecular complexity index is 245.